The maximum absolute atomic E-state index is 5.72. The van der Waals surface area contributed by atoms with Gasteiger partial charge >= 0.3 is 0 Å². The zero-order chi connectivity index (χ0) is 21.1. The molecule has 2 heterocycles. The summed E-state index contributed by atoms with van der Waals surface area (Å²) in [6, 6.07) is 16.9. The first-order chi connectivity index (χ1) is 14.6. The Morgan fingerprint density at radius 3 is 2.67 bits per heavy atom. The molecule has 6 nitrogen and oxygen atoms in total. The number of methoxy groups -OCH3 is 1. The van der Waals surface area contributed by atoms with Crippen LogP contribution in [0.1, 0.15) is 31.4 Å². The van der Waals surface area contributed by atoms with Gasteiger partial charge in [0.15, 0.2) is 12.5 Å². The summed E-state index contributed by atoms with van der Waals surface area (Å²) in [5.41, 5.74) is 2.30. The summed E-state index contributed by atoms with van der Waals surface area (Å²) in [4.78, 5) is 1.49. The molecule has 0 amide bonds. The van der Waals surface area contributed by atoms with Gasteiger partial charge in [0.25, 0.3) is 0 Å². The maximum Gasteiger partial charge on any atom is 0.202 e. The van der Waals surface area contributed by atoms with Crippen molar-refractivity contribution in [2.75, 3.05) is 20.3 Å². The van der Waals surface area contributed by atoms with E-state index in [1.54, 1.807) is 7.11 Å². The van der Waals surface area contributed by atoms with Gasteiger partial charge in [-0.25, -0.2) is 0 Å². The zero-order valence-corrected chi connectivity index (χ0v) is 18.6. The molecular formula is C23H29N4O2S+. The van der Waals surface area contributed by atoms with Crippen molar-refractivity contribution in [1.82, 2.24) is 14.3 Å². The molecular weight excluding hydrogens is 396 g/mol. The smallest absolute Gasteiger partial charge is 0.202 e. The van der Waals surface area contributed by atoms with E-state index >= 15 is 0 Å². The second-order valence-corrected chi connectivity index (χ2v) is 7.99. The molecule has 7 heteroatoms. The average Bonchev–Trinajstić information content (AvgIpc) is 3.35. The first-order valence-corrected chi connectivity index (χ1v) is 10.9. The molecule has 2 aromatic carbocycles. The van der Waals surface area contributed by atoms with Crippen LogP contribution in [0, 0.1) is 4.77 Å². The molecule has 158 valence electrons. The van der Waals surface area contributed by atoms with E-state index < -0.39 is 0 Å². The van der Waals surface area contributed by atoms with E-state index in [1.807, 2.05) is 47.5 Å². The fourth-order valence-electron chi connectivity index (χ4n) is 4.31. The molecule has 1 saturated heterocycles. The van der Waals surface area contributed by atoms with Crippen LogP contribution in [-0.4, -0.2) is 34.6 Å². The van der Waals surface area contributed by atoms with Crippen LogP contribution in [0.2, 0.25) is 0 Å². The summed E-state index contributed by atoms with van der Waals surface area (Å²) in [5.74, 6) is 2.55. The minimum Gasteiger partial charge on any atom is -0.496 e. The van der Waals surface area contributed by atoms with Gasteiger partial charge in [-0.2, -0.15) is 4.68 Å². The van der Waals surface area contributed by atoms with E-state index in [4.69, 9.17) is 26.8 Å². The predicted molar refractivity (Wildman–Crippen MR) is 119 cm³/mol. The quantitative estimate of drug-likeness (QED) is 0.590. The molecule has 1 unspecified atom stereocenters. The van der Waals surface area contributed by atoms with Crippen molar-refractivity contribution in [2.45, 2.75) is 32.5 Å². The van der Waals surface area contributed by atoms with Crippen molar-refractivity contribution in [3.8, 4) is 22.9 Å². The van der Waals surface area contributed by atoms with Gasteiger partial charge < -0.3 is 18.9 Å². The van der Waals surface area contributed by atoms with Crippen LogP contribution in [0.25, 0.3) is 11.4 Å². The largest absolute Gasteiger partial charge is 0.496 e. The van der Waals surface area contributed by atoms with Crippen LogP contribution in [0.3, 0.4) is 0 Å². The average molecular weight is 426 g/mol. The van der Waals surface area contributed by atoms with Crippen LogP contribution in [-0.2, 0) is 13.7 Å². The van der Waals surface area contributed by atoms with Crippen molar-refractivity contribution in [2.24, 2.45) is 7.05 Å². The monoisotopic (exact) mass is 425 g/mol. The highest BCUT2D eigenvalue weighted by molar-refractivity contribution is 7.71. The first-order valence-electron chi connectivity index (χ1n) is 10.5. The minimum atomic E-state index is 0.444. The molecule has 1 aliphatic heterocycles. The molecule has 1 fully saturated rings. The van der Waals surface area contributed by atoms with Crippen molar-refractivity contribution >= 4 is 12.2 Å². The Kier molecular flexibility index (Phi) is 6.20. The van der Waals surface area contributed by atoms with E-state index in [0.717, 1.165) is 40.9 Å². The van der Waals surface area contributed by atoms with Gasteiger partial charge in [0, 0.05) is 25.5 Å². The Hall–Kier alpha value is -2.64. The highest BCUT2D eigenvalue weighted by atomic mass is 32.1. The Bertz CT molecular complexity index is 1060. The van der Waals surface area contributed by atoms with E-state index in [-0.39, 0.29) is 0 Å². The van der Waals surface area contributed by atoms with Crippen molar-refractivity contribution in [3.05, 3.63) is 58.9 Å². The Morgan fingerprint density at radius 1 is 1.17 bits per heavy atom. The van der Waals surface area contributed by atoms with Gasteiger partial charge in [0.1, 0.15) is 17.5 Å². The minimum absolute atomic E-state index is 0.444. The molecule has 3 aromatic rings. The van der Waals surface area contributed by atoms with E-state index in [1.165, 1.54) is 23.3 Å². The third kappa shape index (κ3) is 4.00. The summed E-state index contributed by atoms with van der Waals surface area (Å²) in [6.07, 6.45) is 2.37. The Labute approximate surface area is 182 Å². The second-order valence-electron chi connectivity index (χ2n) is 7.63. The zero-order valence-electron chi connectivity index (χ0n) is 17.8. The lowest BCUT2D eigenvalue weighted by atomic mass is 10.0. The topological polar surface area (TPSA) is 45.6 Å². The standard InChI is InChI=1S/C23H28N4O2S/c1-4-29-18-13-11-17(12-14-18)20-9-7-15-26(20)16-27-23(30)25(2)22(24-27)19-8-5-6-10-21(19)28-3/h5-6,8,10-14,20H,4,7,9,15-16H2,1-3H3/p+1/t20-/m0/s1. The number of ether oxygens (including phenoxy) is 2. The fraction of sp³-hybridized carbons (Fsp3) is 0.391. The maximum atomic E-state index is 5.72. The molecule has 0 aliphatic carbocycles. The number of para-hydroxylation sites is 1. The van der Waals surface area contributed by atoms with Crippen molar-refractivity contribution in [1.29, 1.82) is 0 Å². The molecule has 1 N–H and O–H groups in total. The number of benzene rings is 2. The summed E-state index contributed by atoms with van der Waals surface area (Å²) < 4.78 is 15.8. The Morgan fingerprint density at radius 2 is 1.93 bits per heavy atom. The van der Waals surface area contributed by atoms with Gasteiger partial charge in [-0.1, -0.05) is 12.1 Å². The van der Waals surface area contributed by atoms with Crippen molar-refractivity contribution < 1.29 is 14.4 Å². The molecule has 2 atom stereocenters. The van der Waals surface area contributed by atoms with Gasteiger partial charge in [0.2, 0.25) is 4.77 Å². The highest BCUT2D eigenvalue weighted by Crippen LogP contribution is 2.28. The van der Waals surface area contributed by atoms with Crippen LogP contribution < -0.4 is 14.4 Å². The van der Waals surface area contributed by atoms with E-state index in [0.29, 0.717) is 12.6 Å². The molecule has 0 saturated carbocycles. The third-order valence-corrected chi connectivity index (χ3v) is 6.30. The van der Waals surface area contributed by atoms with Gasteiger partial charge in [0.05, 0.1) is 25.8 Å². The highest BCUT2D eigenvalue weighted by Gasteiger charge is 2.31. The molecule has 0 radical (unpaired) electrons. The number of nitrogens with zero attached hydrogens (tertiary/aromatic N) is 3. The van der Waals surface area contributed by atoms with Crippen molar-refractivity contribution in [3.63, 3.8) is 0 Å². The summed E-state index contributed by atoms with van der Waals surface area (Å²) in [5, 5.41) is 4.87. The van der Waals surface area contributed by atoms with E-state index in [9.17, 15) is 0 Å². The fourth-order valence-corrected chi connectivity index (χ4v) is 4.51. The number of aromatic nitrogens is 3. The third-order valence-electron chi connectivity index (χ3n) is 5.82. The molecule has 4 rings (SSSR count). The molecule has 30 heavy (non-hydrogen) atoms. The lowest BCUT2D eigenvalue weighted by molar-refractivity contribution is -0.941. The summed E-state index contributed by atoms with van der Waals surface area (Å²) in [7, 11) is 3.65. The molecule has 0 bridgehead atoms. The van der Waals surface area contributed by atoms with Gasteiger partial charge in [-0.3, -0.25) is 0 Å². The van der Waals surface area contributed by atoms with E-state index in [2.05, 4.69) is 24.3 Å². The first kappa shape index (κ1) is 20.6. The number of hydrogen-bond acceptors (Lipinski definition) is 4. The van der Waals surface area contributed by atoms with Crippen LogP contribution >= 0.6 is 12.2 Å². The molecule has 1 aliphatic rings. The number of likely N-dealkylation sites (tertiary alicyclic amines) is 1. The van der Waals surface area contributed by atoms with Crippen LogP contribution in [0.15, 0.2) is 48.5 Å². The van der Waals surface area contributed by atoms with Gasteiger partial charge in [-0.05, 0) is 55.5 Å². The second kappa shape index (κ2) is 9.02. The lowest BCUT2D eigenvalue weighted by Gasteiger charge is -2.21. The molecule has 1 aromatic heterocycles. The molecule has 0 spiro atoms. The lowest BCUT2D eigenvalue weighted by Crippen LogP contribution is -3.09. The summed E-state index contributed by atoms with van der Waals surface area (Å²) in [6.45, 7) is 4.55. The summed E-state index contributed by atoms with van der Waals surface area (Å²) >= 11 is 5.72. The number of rotatable bonds is 7. The normalized spacial score (nSPS) is 18.5. The number of quaternary nitrogens is 1. The van der Waals surface area contributed by atoms with Crippen LogP contribution in [0.4, 0.5) is 0 Å². The number of nitrogens with one attached hydrogen (secondary N) is 1. The SMILES string of the molecule is CCOc1ccc([C@@H]2CCC[NH+]2Cn2nc(-c3ccccc3OC)n(C)c2=S)cc1. The predicted octanol–water partition coefficient (Wildman–Crippen LogP) is 3.40. The van der Waals surface area contributed by atoms with Crippen LogP contribution in [0.5, 0.6) is 11.5 Å². The van der Waals surface area contributed by atoms with Gasteiger partial charge in [-0.15, -0.1) is 5.10 Å². The number of hydrogen-bond donors (Lipinski definition) is 1. The Balaban J connectivity index is 1.59.